The molecule has 154 valence electrons. The molecule has 3 rings (SSSR count). The quantitative estimate of drug-likeness (QED) is 0.558. The maximum Gasteiger partial charge on any atom is 0.416 e. The van der Waals surface area contributed by atoms with Crippen LogP contribution in [0.25, 0.3) is 10.8 Å². The second-order valence-electron chi connectivity index (χ2n) is 6.16. The van der Waals surface area contributed by atoms with Gasteiger partial charge >= 0.3 is 6.18 Å². The van der Waals surface area contributed by atoms with Crippen LogP contribution >= 0.6 is 0 Å². The number of nitrogens with one attached hydrogen (secondary N) is 1. The van der Waals surface area contributed by atoms with Gasteiger partial charge in [-0.05, 0) is 41.1 Å². The normalized spacial score (nSPS) is 12.1. The molecule has 0 fully saturated rings. The van der Waals surface area contributed by atoms with Gasteiger partial charge in [-0.25, -0.2) is 8.42 Å². The summed E-state index contributed by atoms with van der Waals surface area (Å²) >= 11 is 0. The van der Waals surface area contributed by atoms with Gasteiger partial charge in [-0.3, -0.25) is 4.72 Å². The summed E-state index contributed by atoms with van der Waals surface area (Å²) in [6.45, 7) is 0.241. The molecule has 3 aromatic carbocycles. The van der Waals surface area contributed by atoms with Gasteiger partial charge in [0.15, 0.2) is 0 Å². The Morgan fingerprint density at radius 1 is 0.931 bits per heavy atom. The van der Waals surface area contributed by atoms with Crippen LogP contribution in [-0.2, 0) is 20.9 Å². The second-order valence-corrected chi connectivity index (χ2v) is 7.85. The van der Waals surface area contributed by atoms with Gasteiger partial charge in [0.05, 0.1) is 22.8 Å². The fourth-order valence-electron chi connectivity index (χ4n) is 2.69. The van der Waals surface area contributed by atoms with Crippen molar-refractivity contribution in [1.82, 2.24) is 0 Å². The van der Waals surface area contributed by atoms with E-state index in [2.05, 4.69) is 4.72 Å². The number of anilines is 1. The van der Waals surface area contributed by atoms with E-state index in [1.807, 2.05) is 12.1 Å². The van der Waals surface area contributed by atoms with E-state index in [4.69, 9.17) is 9.47 Å². The van der Waals surface area contributed by atoms with Crippen LogP contribution in [0.4, 0.5) is 18.9 Å². The highest BCUT2D eigenvalue weighted by Gasteiger charge is 2.32. The molecule has 0 saturated carbocycles. The number of hydrogen-bond acceptors (Lipinski definition) is 4. The highest BCUT2D eigenvalue weighted by molar-refractivity contribution is 7.92. The Labute approximate surface area is 166 Å². The summed E-state index contributed by atoms with van der Waals surface area (Å²) in [5.41, 5.74) is -1.29. The van der Waals surface area contributed by atoms with Crippen molar-refractivity contribution in [3.63, 3.8) is 0 Å². The minimum absolute atomic E-state index is 0.0283. The van der Waals surface area contributed by atoms with Crippen molar-refractivity contribution >= 4 is 26.5 Å². The summed E-state index contributed by atoms with van der Waals surface area (Å²) in [6.07, 6.45) is -4.63. The minimum atomic E-state index is -4.63. The van der Waals surface area contributed by atoms with Gasteiger partial charge in [0, 0.05) is 7.11 Å². The number of hydrogen-bond donors (Lipinski definition) is 1. The van der Waals surface area contributed by atoms with Crippen LogP contribution in [-0.4, -0.2) is 28.7 Å². The molecule has 0 aliphatic carbocycles. The molecule has 0 bridgehead atoms. The molecule has 0 spiro atoms. The lowest BCUT2D eigenvalue weighted by molar-refractivity contribution is -0.137. The standard InChI is InChI=1S/C20H18F3NO4S/c1-27-10-11-28-19-9-7-16(20(21,22)23)13-18(19)24-29(25,26)17-8-6-14-4-2-3-5-15(14)12-17/h2-9,12-13,24H,10-11H2,1H3. The summed E-state index contributed by atoms with van der Waals surface area (Å²) in [4.78, 5) is -0.0727. The lowest BCUT2D eigenvalue weighted by atomic mass is 10.1. The summed E-state index contributed by atoms with van der Waals surface area (Å²) in [5.74, 6) is -0.0283. The number of benzene rings is 3. The van der Waals surface area contributed by atoms with E-state index in [1.54, 1.807) is 18.2 Å². The van der Waals surface area contributed by atoms with Crippen molar-refractivity contribution in [2.75, 3.05) is 25.0 Å². The number of methoxy groups -OCH3 is 1. The average Bonchev–Trinajstić information content (AvgIpc) is 2.68. The molecule has 0 aliphatic rings. The van der Waals surface area contributed by atoms with E-state index in [0.29, 0.717) is 11.5 Å². The Balaban J connectivity index is 1.98. The lowest BCUT2D eigenvalue weighted by Gasteiger charge is -2.16. The molecule has 0 aromatic heterocycles. The molecule has 1 N–H and O–H groups in total. The zero-order chi connectivity index (χ0) is 21.1. The lowest BCUT2D eigenvalue weighted by Crippen LogP contribution is -2.16. The first-order chi connectivity index (χ1) is 13.7. The van der Waals surface area contributed by atoms with Gasteiger partial charge in [-0.15, -0.1) is 0 Å². The third-order valence-electron chi connectivity index (χ3n) is 4.13. The van der Waals surface area contributed by atoms with Gasteiger partial charge in [-0.2, -0.15) is 13.2 Å². The van der Waals surface area contributed by atoms with Crippen molar-refractivity contribution in [2.45, 2.75) is 11.1 Å². The van der Waals surface area contributed by atoms with Crippen LogP contribution in [0.5, 0.6) is 5.75 Å². The van der Waals surface area contributed by atoms with Crippen LogP contribution in [0, 0.1) is 0 Å². The van der Waals surface area contributed by atoms with Crippen molar-refractivity contribution in [2.24, 2.45) is 0 Å². The molecule has 0 aliphatic heterocycles. The van der Waals surface area contributed by atoms with Gasteiger partial charge in [0.2, 0.25) is 0 Å². The number of ether oxygens (including phenoxy) is 2. The van der Waals surface area contributed by atoms with Crippen LogP contribution < -0.4 is 9.46 Å². The van der Waals surface area contributed by atoms with Crippen LogP contribution in [0.3, 0.4) is 0 Å². The van der Waals surface area contributed by atoms with Gasteiger partial charge < -0.3 is 9.47 Å². The number of sulfonamides is 1. The molecule has 29 heavy (non-hydrogen) atoms. The summed E-state index contributed by atoms with van der Waals surface area (Å²) in [7, 11) is -2.70. The molecule has 0 unspecified atom stereocenters. The Kier molecular flexibility index (Phi) is 5.99. The monoisotopic (exact) mass is 425 g/mol. The molecule has 9 heteroatoms. The second kappa shape index (κ2) is 8.30. The fraction of sp³-hybridized carbons (Fsp3) is 0.200. The number of rotatable bonds is 7. The smallest absolute Gasteiger partial charge is 0.416 e. The van der Waals surface area contributed by atoms with Crippen LogP contribution in [0.1, 0.15) is 5.56 Å². The molecule has 0 atom stereocenters. The predicted octanol–water partition coefficient (Wildman–Crippen LogP) is 4.68. The molecule has 0 heterocycles. The Bertz CT molecular complexity index is 1110. The molecular weight excluding hydrogens is 407 g/mol. The average molecular weight is 425 g/mol. The Morgan fingerprint density at radius 3 is 2.34 bits per heavy atom. The van der Waals surface area contributed by atoms with Crippen molar-refractivity contribution in [1.29, 1.82) is 0 Å². The van der Waals surface area contributed by atoms with Crippen LogP contribution in [0.2, 0.25) is 0 Å². The third-order valence-corrected chi connectivity index (χ3v) is 5.49. The van der Waals surface area contributed by atoms with E-state index in [1.165, 1.54) is 19.2 Å². The van der Waals surface area contributed by atoms with Crippen LogP contribution in [0.15, 0.2) is 65.6 Å². The number of alkyl halides is 3. The molecule has 0 radical (unpaired) electrons. The van der Waals surface area contributed by atoms with E-state index in [0.717, 1.165) is 17.5 Å². The molecule has 0 saturated heterocycles. The molecule has 5 nitrogen and oxygen atoms in total. The number of fused-ring (bicyclic) bond motifs is 1. The minimum Gasteiger partial charge on any atom is -0.489 e. The SMILES string of the molecule is COCCOc1ccc(C(F)(F)F)cc1NS(=O)(=O)c1ccc2ccccc2c1. The maximum absolute atomic E-state index is 13.1. The van der Waals surface area contributed by atoms with E-state index in [9.17, 15) is 21.6 Å². The predicted molar refractivity (Wildman–Crippen MR) is 104 cm³/mol. The summed E-state index contributed by atoms with van der Waals surface area (Å²) < 4.78 is 77.4. The fourth-order valence-corrected chi connectivity index (χ4v) is 3.78. The highest BCUT2D eigenvalue weighted by atomic mass is 32.2. The zero-order valence-electron chi connectivity index (χ0n) is 15.4. The van der Waals surface area contributed by atoms with Crippen molar-refractivity contribution in [3.05, 3.63) is 66.2 Å². The van der Waals surface area contributed by atoms with E-state index >= 15 is 0 Å². The van der Waals surface area contributed by atoms with Crippen molar-refractivity contribution in [3.8, 4) is 5.75 Å². The number of halogens is 3. The van der Waals surface area contributed by atoms with Gasteiger partial charge in [-0.1, -0.05) is 30.3 Å². The van der Waals surface area contributed by atoms with Gasteiger partial charge in [0.25, 0.3) is 10.0 Å². The molecule has 0 amide bonds. The summed E-state index contributed by atoms with van der Waals surface area (Å²) in [5, 5.41) is 1.53. The first-order valence-electron chi connectivity index (χ1n) is 8.55. The Hall–Kier alpha value is -2.78. The third kappa shape index (κ3) is 4.99. The summed E-state index contributed by atoms with van der Waals surface area (Å²) in [6, 6.07) is 14.3. The van der Waals surface area contributed by atoms with Gasteiger partial charge in [0.1, 0.15) is 12.4 Å². The largest absolute Gasteiger partial charge is 0.489 e. The van der Waals surface area contributed by atoms with E-state index < -0.39 is 21.8 Å². The maximum atomic E-state index is 13.1. The molecule has 3 aromatic rings. The van der Waals surface area contributed by atoms with Crippen molar-refractivity contribution < 1.29 is 31.1 Å². The first kappa shape index (κ1) is 20.9. The topological polar surface area (TPSA) is 64.6 Å². The molecular formula is C20H18F3NO4S. The highest BCUT2D eigenvalue weighted by Crippen LogP contribution is 2.36. The zero-order valence-corrected chi connectivity index (χ0v) is 16.2. The first-order valence-corrected chi connectivity index (χ1v) is 10.0. The Morgan fingerprint density at radius 2 is 1.66 bits per heavy atom. The van der Waals surface area contributed by atoms with E-state index in [-0.39, 0.29) is 29.5 Å².